The summed E-state index contributed by atoms with van der Waals surface area (Å²) in [6.45, 7) is 3.05. The Kier molecular flexibility index (Phi) is 7.12. The van der Waals surface area contributed by atoms with Crippen molar-refractivity contribution >= 4 is 23.0 Å². The molecule has 0 saturated carbocycles. The molecule has 0 N–H and O–H groups in total. The molecule has 3 rings (SSSR count). The van der Waals surface area contributed by atoms with Crippen LogP contribution in [0.3, 0.4) is 0 Å². The highest BCUT2D eigenvalue weighted by Gasteiger charge is 2.22. The van der Waals surface area contributed by atoms with E-state index in [1.165, 1.54) is 29.1 Å². The number of halogens is 1. The number of thiophene rings is 1. The molecule has 1 aromatic carbocycles. The number of hydrogen-bond donors (Lipinski definition) is 0. The van der Waals surface area contributed by atoms with Crippen molar-refractivity contribution in [3.8, 4) is 0 Å². The van der Waals surface area contributed by atoms with Gasteiger partial charge in [0.2, 0.25) is 5.91 Å². The van der Waals surface area contributed by atoms with Gasteiger partial charge in [0.15, 0.2) is 5.78 Å². The Morgan fingerprint density at radius 2 is 1.74 bits per heavy atom. The van der Waals surface area contributed by atoms with Crippen LogP contribution in [0.5, 0.6) is 0 Å². The van der Waals surface area contributed by atoms with E-state index >= 15 is 0 Å². The summed E-state index contributed by atoms with van der Waals surface area (Å²) in [6, 6.07) is 9.86. The van der Waals surface area contributed by atoms with E-state index < -0.39 is 0 Å². The molecule has 1 aliphatic heterocycles. The molecule has 1 aliphatic rings. The molecule has 6 heteroatoms. The van der Waals surface area contributed by atoms with E-state index in [1.54, 1.807) is 11.3 Å². The Bertz CT molecular complexity index is 738. The number of unbranched alkanes of at least 4 members (excludes halogenated alkanes) is 1. The number of rotatable bonds is 8. The number of nitrogens with zero attached hydrogens (tertiary/aromatic N) is 2. The highest BCUT2D eigenvalue weighted by Crippen LogP contribution is 2.14. The van der Waals surface area contributed by atoms with Crippen molar-refractivity contribution in [2.45, 2.75) is 25.7 Å². The molecule has 144 valence electrons. The lowest BCUT2D eigenvalue weighted by Crippen LogP contribution is -2.49. The van der Waals surface area contributed by atoms with E-state index in [1.807, 2.05) is 4.90 Å². The molecule has 0 radical (unpaired) electrons. The minimum absolute atomic E-state index is 0.0108. The molecule has 4 nitrogen and oxygen atoms in total. The molecule has 27 heavy (non-hydrogen) atoms. The van der Waals surface area contributed by atoms with Gasteiger partial charge in [-0.2, -0.15) is 0 Å². The van der Waals surface area contributed by atoms with Crippen molar-refractivity contribution in [1.29, 1.82) is 0 Å². The zero-order chi connectivity index (χ0) is 19.1. The summed E-state index contributed by atoms with van der Waals surface area (Å²) < 4.78 is 13.0. The molecule has 0 bridgehead atoms. The number of carbonyl (C=O) groups excluding carboxylic acids is 2. The molecule has 0 unspecified atom stereocenters. The van der Waals surface area contributed by atoms with Crippen LogP contribution >= 0.6 is 11.3 Å². The van der Waals surface area contributed by atoms with Crippen molar-refractivity contribution in [3.05, 3.63) is 58.0 Å². The summed E-state index contributed by atoms with van der Waals surface area (Å²) in [4.78, 5) is 30.0. The molecular formula is C21H25FN2O2S. The Labute approximate surface area is 163 Å². The zero-order valence-electron chi connectivity index (χ0n) is 15.4. The summed E-state index contributed by atoms with van der Waals surface area (Å²) in [7, 11) is 0. The number of aryl methyl sites for hydroxylation is 1. The fourth-order valence-electron chi connectivity index (χ4n) is 3.27. The molecule has 0 spiro atoms. The smallest absolute Gasteiger partial charge is 0.222 e. The second-order valence-electron chi connectivity index (χ2n) is 6.87. The number of piperazine rings is 1. The van der Waals surface area contributed by atoms with Crippen molar-refractivity contribution in [2.24, 2.45) is 0 Å². The van der Waals surface area contributed by atoms with E-state index in [0.717, 1.165) is 19.3 Å². The quantitative estimate of drug-likeness (QED) is 0.512. The fraction of sp³-hybridized carbons (Fsp3) is 0.429. The maximum absolute atomic E-state index is 13.0. The van der Waals surface area contributed by atoms with Crippen LogP contribution in [0.1, 0.15) is 34.5 Å². The lowest BCUT2D eigenvalue weighted by molar-refractivity contribution is -0.132. The second-order valence-corrected chi connectivity index (χ2v) is 7.91. The van der Waals surface area contributed by atoms with Crippen molar-refractivity contribution in [1.82, 2.24) is 9.80 Å². The monoisotopic (exact) mass is 388 g/mol. The molecule has 0 aliphatic carbocycles. The lowest BCUT2D eigenvalue weighted by Gasteiger charge is -2.34. The first-order chi connectivity index (χ1) is 13.1. The zero-order valence-corrected chi connectivity index (χ0v) is 16.2. The predicted octanol–water partition coefficient (Wildman–Crippen LogP) is 3.63. The van der Waals surface area contributed by atoms with Gasteiger partial charge in [-0.3, -0.25) is 14.5 Å². The average molecular weight is 389 g/mol. The van der Waals surface area contributed by atoms with Gasteiger partial charge in [-0.15, -0.1) is 11.3 Å². The van der Waals surface area contributed by atoms with Crippen molar-refractivity contribution in [2.75, 3.05) is 32.7 Å². The first-order valence-corrected chi connectivity index (χ1v) is 10.3. The minimum atomic E-state index is -0.339. The normalized spacial score (nSPS) is 15.1. The van der Waals surface area contributed by atoms with Gasteiger partial charge in [-0.1, -0.05) is 6.07 Å². The summed E-state index contributed by atoms with van der Waals surface area (Å²) in [5.41, 5.74) is 0.528. The van der Waals surface area contributed by atoms with Crippen LogP contribution in [0, 0.1) is 5.82 Å². The van der Waals surface area contributed by atoms with Crippen molar-refractivity contribution < 1.29 is 14.0 Å². The minimum Gasteiger partial charge on any atom is -0.340 e. The summed E-state index contributed by atoms with van der Waals surface area (Å²) in [5.74, 6) is -0.136. The van der Waals surface area contributed by atoms with Gasteiger partial charge >= 0.3 is 0 Å². The Hall–Kier alpha value is -2.05. The highest BCUT2D eigenvalue weighted by atomic mass is 32.1. The van der Waals surface area contributed by atoms with E-state index in [0.29, 0.717) is 44.7 Å². The summed E-state index contributed by atoms with van der Waals surface area (Å²) in [5, 5.41) is 2.08. The van der Waals surface area contributed by atoms with Gasteiger partial charge in [-0.05, 0) is 55.0 Å². The molecule has 2 aromatic rings. The number of hydrogen-bond acceptors (Lipinski definition) is 4. The van der Waals surface area contributed by atoms with Crippen LogP contribution in [0.15, 0.2) is 41.8 Å². The number of ketones is 1. The molecule has 1 fully saturated rings. The maximum Gasteiger partial charge on any atom is 0.222 e. The van der Waals surface area contributed by atoms with Gasteiger partial charge in [0.1, 0.15) is 5.82 Å². The first kappa shape index (κ1) is 19.7. The molecule has 2 heterocycles. The molecule has 1 saturated heterocycles. The second kappa shape index (κ2) is 9.76. The van der Waals surface area contributed by atoms with Gasteiger partial charge in [0, 0.05) is 43.0 Å². The number of amides is 1. The van der Waals surface area contributed by atoms with Crippen LogP contribution in [-0.4, -0.2) is 54.2 Å². The van der Waals surface area contributed by atoms with Crippen molar-refractivity contribution in [3.63, 3.8) is 0 Å². The van der Waals surface area contributed by atoms with E-state index in [4.69, 9.17) is 0 Å². The van der Waals surface area contributed by atoms with Gasteiger partial charge in [0.05, 0.1) is 6.54 Å². The standard InChI is InChI=1S/C21H25FN2O2S/c22-18-9-7-17(8-10-18)20(25)16-23-11-13-24(14-12-23)21(26)6-2-1-4-19-5-3-15-27-19/h3,5,7-10,15H,1-2,4,6,11-14,16H2. The van der Waals surface area contributed by atoms with Crippen LogP contribution < -0.4 is 0 Å². The third-order valence-corrected chi connectivity index (χ3v) is 5.84. The topological polar surface area (TPSA) is 40.6 Å². The molecular weight excluding hydrogens is 363 g/mol. The predicted molar refractivity (Wildman–Crippen MR) is 106 cm³/mol. The lowest BCUT2D eigenvalue weighted by atomic mass is 10.1. The average Bonchev–Trinajstić information content (AvgIpc) is 3.19. The van der Waals surface area contributed by atoms with E-state index in [2.05, 4.69) is 22.4 Å². The Morgan fingerprint density at radius 1 is 1.00 bits per heavy atom. The Morgan fingerprint density at radius 3 is 2.41 bits per heavy atom. The third-order valence-electron chi connectivity index (χ3n) is 4.90. The van der Waals surface area contributed by atoms with Crippen LogP contribution in [0.4, 0.5) is 4.39 Å². The van der Waals surface area contributed by atoms with Crippen LogP contribution in [-0.2, 0) is 11.2 Å². The Balaban J connectivity index is 1.34. The number of carbonyl (C=O) groups is 2. The molecule has 1 aromatic heterocycles. The number of benzene rings is 1. The van der Waals surface area contributed by atoms with Gasteiger partial charge in [0.25, 0.3) is 0 Å². The van der Waals surface area contributed by atoms with E-state index in [9.17, 15) is 14.0 Å². The summed E-state index contributed by atoms with van der Waals surface area (Å²) in [6.07, 6.45) is 3.60. The molecule has 0 atom stereocenters. The molecule has 1 amide bonds. The van der Waals surface area contributed by atoms with E-state index in [-0.39, 0.29) is 17.5 Å². The SMILES string of the molecule is O=C(CN1CCN(C(=O)CCCCc2cccs2)CC1)c1ccc(F)cc1. The first-order valence-electron chi connectivity index (χ1n) is 9.43. The number of Topliss-reactive ketones (excluding diaryl/α,β-unsaturated/α-hetero) is 1. The maximum atomic E-state index is 13.0. The summed E-state index contributed by atoms with van der Waals surface area (Å²) >= 11 is 1.77. The fourth-order valence-corrected chi connectivity index (χ4v) is 4.03. The van der Waals surface area contributed by atoms with Crippen LogP contribution in [0.2, 0.25) is 0 Å². The van der Waals surface area contributed by atoms with Gasteiger partial charge < -0.3 is 4.90 Å². The largest absolute Gasteiger partial charge is 0.340 e. The van der Waals surface area contributed by atoms with Gasteiger partial charge in [-0.25, -0.2) is 4.39 Å². The third kappa shape index (κ3) is 5.97. The van der Waals surface area contributed by atoms with Crippen LogP contribution in [0.25, 0.3) is 0 Å². The highest BCUT2D eigenvalue weighted by molar-refractivity contribution is 7.09.